The average Bonchev–Trinajstić information content (AvgIpc) is 3.22. The number of rotatable bonds is 7. The monoisotopic (exact) mass is 265 g/mol. The Hall–Kier alpha value is -1.59. The molecule has 19 heavy (non-hydrogen) atoms. The maximum atomic E-state index is 11.2. The van der Waals surface area contributed by atoms with Gasteiger partial charge < -0.3 is 20.7 Å². The van der Waals surface area contributed by atoms with Crippen molar-refractivity contribution in [3.8, 4) is 5.75 Å². The molecule has 1 aromatic rings. The Bertz CT molecular complexity index is 441. The molecule has 1 aromatic carbocycles. The Balaban J connectivity index is 1.95. The van der Waals surface area contributed by atoms with Crippen molar-refractivity contribution in [3.63, 3.8) is 0 Å². The third-order valence-electron chi connectivity index (χ3n) is 3.51. The molecule has 0 aromatic heterocycles. The highest BCUT2D eigenvalue weighted by molar-refractivity contribution is 5.79. The second-order valence-electron chi connectivity index (χ2n) is 5.03. The van der Waals surface area contributed by atoms with Crippen LogP contribution in [0.2, 0.25) is 0 Å². The van der Waals surface area contributed by atoms with E-state index >= 15 is 0 Å². The van der Waals surface area contributed by atoms with Crippen LogP contribution in [-0.2, 0) is 11.2 Å². The number of hydrogen-bond donors (Lipinski definition) is 3. The lowest BCUT2D eigenvalue weighted by Gasteiger charge is -2.24. The number of hydrogen-bond acceptors (Lipinski definition) is 4. The van der Waals surface area contributed by atoms with Crippen molar-refractivity contribution in [2.45, 2.75) is 24.8 Å². The molecule has 0 spiro atoms. The highest BCUT2D eigenvalue weighted by Gasteiger charge is 2.49. The highest BCUT2D eigenvalue weighted by atomic mass is 16.5. The molecule has 4 N–H and O–H groups in total. The fourth-order valence-electron chi connectivity index (χ4n) is 2.04. The maximum absolute atomic E-state index is 11.2. The van der Waals surface area contributed by atoms with E-state index in [1.165, 1.54) is 0 Å². The third-order valence-corrected chi connectivity index (χ3v) is 3.51. The Morgan fingerprint density at radius 2 is 2.00 bits per heavy atom. The van der Waals surface area contributed by atoms with Crippen LogP contribution in [0.25, 0.3) is 0 Å². The van der Waals surface area contributed by atoms with Crippen LogP contribution >= 0.6 is 0 Å². The van der Waals surface area contributed by atoms with Crippen LogP contribution in [0.4, 0.5) is 0 Å². The largest absolute Gasteiger partial charge is 0.491 e. The minimum atomic E-state index is -1.29. The van der Waals surface area contributed by atoms with Gasteiger partial charge in [0.1, 0.15) is 12.4 Å². The predicted molar refractivity (Wildman–Crippen MR) is 70.0 cm³/mol. The lowest BCUT2D eigenvalue weighted by molar-refractivity contribution is -0.145. The summed E-state index contributed by atoms with van der Waals surface area (Å²) in [6.07, 6.45) is 2.29. The first kappa shape index (κ1) is 13.8. The Kier molecular flexibility index (Phi) is 4.07. The van der Waals surface area contributed by atoms with Gasteiger partial charge in [0.05, 0.1) is 0 Å². The average molecular weight is 265 g/mol. The van der Waals surface area contributed by atoms with E-state index in [2.05, 4.69) is 0 Å². The second-order valence-corrected chi connectivity index (χ2v) is 5.03. The van der Waals surface area contributed by atoms with E-state index in [1.54, 1.807) is 12.1 Å². The number of aliphatic hydroxyl groups is 1. The first-order valence-corrected chi connectivity index (χ1v) is 6.41. The van der Waals surface area contributed by atoms with E-state index in [1.807, 2.05) is 12.1 Å². The van der Waals surface area contributed by atoms with Gasteiger partial charge in [-0.2, -0.15) is 0 Å². The molecule has 0 heterocycles. The van der Waals surface area contributed by atoms with Crippen LogP contribution in [0.3, 0.4) is 0 Å². The summed E-state index contributed by atoms with van der Waals surface area (Å²) in [5.41, 5.74) is 5.63. The molecule has 0 amide bonds. The number of ether oxygens (including phenoxy) is 1. The molecule has 2 rings (SSSR count). The van der Waals surface area contributed by atoms with E-state index in [-0.39, 0.29) is 19.1 Å². The molecule has 1 aliphatic rings. The van der Waals surface area contributed by atoms with Gasteiger partial charge in [-0.25, -0.2) is 0 Å². The zero-order chi connectivity index (χ0) is 13.9. The summed E-state index contributed by atoms with van der Waals surface area (Å²) in [5.74, 6) is -0.399. The molecule has 0 aliphatic heterocycles. The van der Waals surface area contributed by atoms with Gasteiger partial charge in [0.2, 0.25) is 0 Å². The molecule has 1 unspecified atom stereocenters. The predicted octanol–water partition coefficient (Wildman–Crippen LogP) is 0.792. The molecule has 0 radical (unpaired) electrons. The number of carboxylic acids is 1. The summed E-state index contributed by atoms with van der Waals surface area (Å²) >= 11 is 0. The number of nitrogens with two attached hydrogens (primary N) is 1. The standard InChI is InChI=1S/C14H19NO4/c15-14(13(17)18,11-3-4-11)9-19-12-5-1-10(2-6-12)7-8-16/h1-2,5-6,11,16H,3-4,7-9,15H2,(H,17,18). The van der Waals surface area contributed by atoms with Crippen LogP contribution in [0.5, 0.6) is 5.75 Å². The first-order chi connectivity index (χ1) is 9.06. The van der Waals surface area contributed by atoms with Crippen molar-refractivity contribution >= 4 is 5.97 Å². The highest BCUT2D eigenvalue weighted by Crippen LogP contribution is 2.38. The van der Waals surface area contributed by atoms with Crippen molar-refractivity contribution in [1.29, 1.82) is 0 Å². The zero-order valence-electron chi connectivity index (χ0n) is 10.7. The zero-order valence-corrected chi connectivity index (χ0v) is 10.7. The normalized spacial score (nSPS) is 17.8. The van der Waals surface area contributed by atoms with Crippen LogP contribution in [0.15, 0.2) is 24.3 Å². The number of aliphatic carboxylic acids is 1. The lowest BCUT2D eigenvalue weighted by atomic mass is 9.96. The minimum absolute atomic E-state index is 0.0127. The summed E-state index contributed by atoms with van der Waals surface area (Å²) < 4.78 is 5.50. The van der Waals surface area contributed by atoms with Gasteiger partial charge in [0, 0.05) is 6.61 Å². The molecule has 1 atom stereocenters. The molecular formula is C14H19NO4. The molecule has 0 bridgehead atoms. The van der Waals surface area contributed by atoms with E-state index in [4.69, 9.17) is 15.6 Å². The Morgan fingerprint density at radius 3 is 2.47 bits per heavy atom. The summed E-state index contributed by atoms with van der Waals surface area (Å²) in [7, 11) is 0. The Labute approximate surface area is 112 Å². The van der Waals surface area contributed by atoms with Crippen molar-refractivity contribution in [1.82, 2.24) is 0 Å². The van der Waals surface area contributed by atoms with E-state index in [0.29, 0.717) is 12.2 Å². The van der Waals surface area contributed by atoms with Gasteiger partial charge in [0.25, 0.3) is 0 Å². The molecule has 5 heteroatoms. The quantitative estimate of drug-likeness (QED) is 0.678. The van der Waals surface area contributed by atoms with Crippen LogP contribution in [0, 0.1) is 5.92 Å². The van der Waals surface area contributed by atoms with Crippen molar-refractivity contribution in [3.05, 3.63) is 29.8 Å². The topological polar surface area (TPSA) is 92.8 Å². The summed E-state index contributed by atoms with van der Waals surface area (Å²) in [6, 6.07) is 7.23. The van der Waals surface area contributed by atoms with Crippen molar-refractivity contribution < 1.29 is 19.7 Å². The lowest BCUT2D eigenvalue weighted by Crippen LogP contribution is -2.54. The summed E-state index contributed by atoms with van der Waals surface area (Å²) in [6.45, 7) is 0.0825. The van der Waals surface area contributed by atoms with Crippen molar-refractivity contribution in [2.24, 2.45) is 11.7 Å². The molecule has 1 fully saturated rings. The SMILES string of the molecule is NC(COc1ccc(CCO)cc1)(C(=O)O)C1CC1. The maximum Gasteiger partial charge on any atom is 0.327 e. The number of carboxylic acid groups (broad SMARTS) is 1. The number of aliphatic hydroxyl groups excluding tert-OH is 1. The van der Waals surface area contributed by atoms with E-state index in [0.717, 1.165) is 18.4 Å². The van der Waals surface area contributed by atoms with Gasteiger partial charge in [-0.05, 0) is 42.9 Å². The van der Waals surface area contributed by atoms with E-state index < -0.39 is 11.5 Å². The van der Waals surface area contributed by atoms with Gasteiger partial charge in [-0.1, -0.05) is 12.1 Å². The van der Waals surface area contributed by atoms with E-state index in [9.17, 15) is 9.90 Å². The van der Waals surface area contributed by atoms with Crippen LogP contribution < -0.4 is 10.5 Å². The molecule has 5 nitrogen and oxygen atoms in total. The van der Waals surface area contributed by atoms with Gasteiger partial charge >= 0.3 is 5.97 Å². The fraction of sp³-hybridized carbons (Fsp3) is 0.500. The van der Waals surface area contributed by atoms with Gasteiger partial charge in [0.15, 0.2) is 5.54 Å². The number of benzene rings is 1. The second kappa shape index (κ2) is 5.59. The summed E-state index contributed by atoms with van der Waals surface area (Å²) in [5, 5.41) is 18.0. The molecular weight excluding hydrogens is 246 g/mol. The number of carbonyl (C=O) groups is 1. The van der Waals surface area contributed by atoms with Crippen LogP contribution in [-0.4, -0.2) is 34.9 Å². The smallest absolute Gasteiger partial charge is 0.327 e. The Morgan fingerprint density at radius 1 is 1.37 bits per heavy atom. The molecule has 104 valence electrons. The summed E-state index contributed by atoms with van der Waals surface area (Å²) in [4.78, 5) is 11.2. The first-order valence-electron chi connectivity index (χ1n) is 6.41. The van der Waals surface area contributed by atoms with Gasteiger partial charge in [-0.3, -0.25) is 4.79 Å². The molecule has 1 aliphatic carbocycles. The van der Waals surface area contributed by atoms with Crippen LogP contribution in [0.1, 0.15) is 18.4 Å². The molecule has 1 saturated carbocycles. The van der Waals surface area contributed by atoms with Crippen molar-refractivity contribution in [2.75, 3.05) is 13.2 Å². The fourth-order valence-corrected chi connectivity index (χ4v) is 2.04. The minimum Gasteiger partial charge on any atom is -0.491 e. The third kappa shape index (κ3) is 3.24. The van der Waals surface area contributed by atoms with Gasteiger partial charge in [-0.15, -0.1) is 0 Å². The molecule has 0 saturated heterocycles.